The first-order valence-corrected chi connectivity index (χ1v) is 7.48. The predicted octanol–water partition coefficient (Wildman–Crippen LogP) is 5.03. The lowest BCUT2D eigenvalue weighted by Crippen LogP contribution is -1.95. The second-order valence-electron chi connectivity index (χ2n) is 5.32. The number of hydrogen-bond donors (Lipinski definition) is 1. The molecule has 2 nitrogen and oxygen atoms in total. The van der Waals surface area contributed by atoms with Crippen LogP contribution < -0.4 is 4.74 Å². The van der Waals surface area contributed by atoms with E-state index in [1.807, 2.05) is 66.7 Å². The van der Waals surface area contributed by atoms with E-state index in [1.54, 1.807) is 12.1 Å². The molecule has 2 heteroatoms. The van der Waals surface area contributed by atoms with Crippen LogP contribution in [0.5, 0.6) is 11.5 Å². The number of hydrogen-bond acceptors (Lipinski definition) is 2. The molecule has 0 radical (unpaired) electrons. The highest BCUT2D eigenvalue weighted by Crippen LogP contribution is 2.25. The molecule has 0 bridgehead atoms. The van der Waals surface area contributed by atoms with E-state index in [1.165, 1.54) is 0 Å². The van der Waals surface area contributed by atoms with Gasteiger partial charge in [0.1, 0.15) is 18.1 Å². The number of benzene rings is 3. The Bertz CT molecular complexity index is 772. The highest BCUT2D eigenvalue weighted by molar-refractivity contribution is 5.78. The fourth-order valence-electron chi connectivity index (χ4n) is 2.32. The molecule has 3 rings (SSSR count). The molecule has 3 aromatic rings. The number of rotatable bonds is 5. The van der Waals surface area contributed by atoms with Gasteiger partial charge in [-0.2, -0.15) is 0 Å². The zero-order valence-corrected chi connectivity index (χ0v) is 12.8. The summed E-state index contributed by atoms with van der Waals surface area (Å²) in [7, 11) is 0. The molecule has 0 saturated carbocycles. The third-order valence-electron chi connectivity index (χ3n) is 3.67. The highest BCUT2D eigenvalue weighted by atomic mass is 16.5. The molecule has 0 unspecified atom stereocenters. The molecule has 1 N–H and O–H groups in total. The third kappa shape index (κ3) is 3.80. The molecule has 23 heavy (non-hydrogen) atoms. The quantitative estimate of drug-likeness (QED) is 0.716. The van der Waals surface area contributed by atoms with E-state index in [9.17, 15) is 5.11 Å². The van der Waals surface area contributed by atoms with Crippen molar-refractivity contribution in [3.8, 4) is 11.5 Å². The van der Waals surface area contributed by atoms with Crippen LogP contribution in [-0.2, 0) is 6.61 Å². The summed E-state index contributed by atoms with van der Waals surface area (Å²) in [6, 6.07) is 25.0. The lowest BCUT2D eigenvalue weighted by atomic mass is 9.99. The highest BCUT2D eigenvalue weighted by Gasteiger charge is 2.03. The van der Waals surface area contributed by atoms with Crippen LogP contribution in [0.2, 0.25) is 0 Å². The van der Waals surface area contributed by atoms with E-state index in [2.05, 4.69) is 6.58 Å². The Morgan fingerprint density at radius 2 is 1.35 bits per heavy atom. The minimum absolute atomic E-state index is 0.256. The van der Waals surface area contributed by atoms with Gasteiger partial charge in [0, 0.05) is 0 Å². The SMILES string of the molecule is C=C(c1ccc(O)cc1)c1ccc(OCc2ccccc2)cc1. The molecule has 0 aliphatic carbocycles. The second-order valence-corrected chi connectivity index (χ2v) is 5.32. The van der Waals surface area contributed by atoms with Gasteiger partial charge < -0.3 is 9.84 Å². The van der Waals surface area contributed by atoms with Crippen LogP contribution in [0.1, 0.15) is 16.7 Å². The molecule has 3 aromatic carbocycles. The van der Waals surface area contributed by atoms with Crippen molar-refractivity contribution < 1.29 is 9.84 Å². The summed E-state index contributed by atoms with van der Waals surface area (Å²) in [4.78, 5) is 0. The van der Waals surface area contributed by atoms with E-state index >= 15 is 0 Å². The van der Waals surface area contributed by atoms with Crippen LogP contribution in [0.3, 0.4) is 0 Å². The molecule has 0 aliphatic heterocycles. The monoisotopic (exact) mass is 302 g/mol. The Morgan fingerprint density at radius 1 is 0.783 bits per heavy atom. The second kappa shape index (κ2) is 6.84. The Kier molecular flexibility index (Phi) is 4.44. The number of phenolic OH excluding ortho intramolecular Hbond substituents is 1. The zero-order chi connectivity index (χ0) is 16.1. The molecule has 0 amide bonds. The molecular weight excluding hydrogens is 284 g/mol. The summed E-state index contributed by atoms with van der Waals surface area (Å²) >= 11 is 0. The predicted molar refractivity (Wildman–Crippen MR) is 93.5 cm³/mol. The maximum atomic E-state index is 9.35. The van der Waals surface area contributed by atoms with Gasteiger partial charge in [0.15, 0.2) is 0 Å². The van der Waals surface area contributed by atoms with E-state index in [0.29, 0.717) is 6.61 Å². The Labute approximate surface area is 136 Å². The van der Waals surface area contributed by atoms with Crippen molar-refractivity contribution >= 4 is 5.57 Å². The maximum absolute atomic E-state index is 9.35. The Morgan fingerprint density at radius 3 is 1.96 bits per heavy atom. The van der Waals surface area contributed by atoms with Gasteiger partial charge in [-0.25, -0.2) is 0 Å². The summed E-state index contributed by atoms with van der Waals surface area (Å²) < 4.78 is 5.79. The molecule has 0 aromatic heterocycles. The number of aromatic hydroxyl groups is 1. The van der Waals surface area contributed by atoms with Crippen molar-refractivity contribution in [2.75, 3.05) is 0 Å². The summed E-state index contributed by atoms with van der Waals surface area (Å²) in [6.07, 6.45) is 0. The van der Waals surface area contributed by atoms with Crippen LogP contribution in [-0.4, -0.2) is 5.11 Å². The van der Waals surface area contributed by atoms with E-state index in [0.717, 1.165) is 28.0 Å². The van der Waals surface area contributed by atoms with Crippen molar-refractivity contribution in [1.29, 1.82) is 0 Å². The van der Waals surface area contributed by atoms with Crippen LogP contribution in [0.25, 0.3) is 5.57 Å². The largest absolute Gasteiger partial charge is 0.508 e. The molecule has 0 heterocycles. The van der Waals surface area contributed by atoms with Crippen LogP contribution in [0, 0.1) is 0 Å². The molecule has 0 saturated heterocycles. The van der Waals surface area contributed by atoms with E-state index in [4.69, 9.17) is 4.74 Å². The summed E-state index contributed by atoms with van der Waals surface area (Å²) in [5.74, 6) is 1.09. The molecule has 0 spiro atoms. The molecule has 0 fully saturated rings. The van der Waals surface area contributed by atoms with Gasteiger partial charge in [0.25, 0.3) is 0 Å². The lowest BCUT2D eigenvalue weighted by Gasteiger charge is -2.09. The van der Waals surface area contributed by atoms with Gasteiger partial charge >= 0.3 is 0 Å². The maximum Gasteiger partial charge on any atom is 0.119 e. The van der Waals surface area contributed by atoms with Crippen molar-refractivity contribution in [3.63, 3.8) is 0 Å². The van der Waals surface area contributed by atoms with Gasteiger partial charge in [0.05, 0.1) is 0 Å². The smallest absolute Gasteiger partial charge is 0.119 e. The van der Waals surface area contributed by atoms with Crippen LogP contribution >= 0.6 is 0 Å². The topological polar surface area (TPSA) is 29.5 Å². The van der Waals surface area contributed by atoms with Crippen molar-refractivity contribution in [3.05, 3.63) is 102 Å². The first-order chi connectivity index (χ1) is 11.2. The zero-order valence-electron chi connectivity index (χ0n) is 12.8. The fraction of sp³-hybridized carbons (Fsp3) is 0.0476. The molecule has 114 valence electrons. The minimum Gasteiger partial charge on any atom is -0.508 e. The van der Waals surface area contributed by atoms with E-state index in [-0.39, 0.29) is 5.75 Å². The van der Waals surface area contributed by atoms with Gasteiger partial charge in [-0.3, -0.25) is 0 Å². The van der Waals surface area contributed by atoms with Crippen molar-refractivity contribution in [2.45, 2.75) is 6.61 Å². The molecular formula is C21H18O2. The lowest BCUT2D eigenvalue weighted by molar-refractivity contribution is 0.306. The summed E-state index contributed by atoms with van der Waals surface area (Å²) in [5.41, 5.74) is 4.08. The average molecular weight is 302 g/mol. The van der Waals surface area contributed by atoms with Gasteiger partial charge in [-0.1, -0.05) is 61.2 Å². The molecule has 0 aliphatic rings. The Balaban J connectivity index is 1.67. The standard InChI is InChI=1S/C21H18O2/c1-16(18-7-11-20(22)12-8-18)19-9-13-21(14-10-19)23-15-17-5-3-2-4-6-17/h2-14,22H,1,15H2. The first-order valence-electron chi connectivity index (χ1n) is 7.48. The average Bonchev–Trinajstić information content (AvgIpc) is 2.61. The van der Waals surface area contributed by atoms with Crippen molar-refractivity contribution in [1.82, 2.24) is 0 Å². The summed E-state index contributed by atoms with van der Waals surface area (Å²) in [6.45, 7) is 4.68. The third-order valence-corrected chi connectivity index (χ3v) is 3.67. The Hall–Kier alpha value is -3.00. The fourth-order valence-corrected chi connectivity index (χ4v) is 2.32. The van der Waals surface area contributed by atoms with Crippen molar-refractivity contribution in [2.24, 2.45) is 0 Å². The number of ether oxygens (including phenoxy) is 1. The van der Waals surface area contributed by atoms with Crippen LogP contribution in [0.15, 0.2) is 85.4 Å². The molecule has 0 atom stereocenters. The normalized spacial score (nSPS) is 10.3. The van der Waals surface area contributed by atoms with Gasteiger partial charge in [-0.05, 0) is 46.5 Å². The summed E-state index contributed by atoms with van der Waals surface area (Å²) in [5, 5.41) is 9.35. The van der Waals surface area contributed by atoms with Gasteiger partial charge in [0.2, 0.25) is 0 Å². The van der Waals surface area contributed by atoms with Crippen LogP contribution in [0.4, 0.5) is 0 Å². The minimum atomic E-state index is 0.256. The van der Waals surface area contributed by atoms with E-state index < -0.39 is 0 Å². The number of phenols is 1. The first kappa shape index (κ1) is 14.9. The van der Waals surface area contributed by atoms with Gasteiger partial charge in [-0.15, -0.1) is 0 Å².